The first kappa shape index (κ1) is 15.3. The van der Waals surface area contributed by atoms with Crippen LogP contribution in [-0.4, -0.2) is 44.8 Å². The molecule has 0 bridgehead atoms. The van der Waals surface area contributed by atoms with Gasteiger partial charge in [-0.25, -0.2) is 4.68 Å². The predicted molar refractivity (Wildman–Crippen MR) is 84.6 cm³/mol. The summed E-state index contributed by atoms with van der Waals surface area (Å²) in [5, 5.41) is 13.5. The summed E-state index contributed by atoms with van der Waals surface area (Å²) in [4.78, 5) is 25.5. The highest BCUT2D eigenvalue weighted by molar-refractivity contribution is 5.95. The van der Waals surface area contributed by atoms with Gasteiger partial charge in [-0.1, -0.05) is 0 Å². The summed E-state index contributed by atoms with van der Waals surface area (Å²) in [7, 11) is 0. The molecule has 1 N–H and O–H groups in total. The Labute approximate surface area is 134 Å². The van der Waals surface area contributed by atoms with E-state index in [9.17, 15) is 14.7 Å². The summed E-state index contributed by atoms with van der Waals surface area (Å²) >= 11 is 0. The number of hydrogen-bond acceptors (Lipinski definition) is 3. The van der Waals surface area contributed by atoms with Gasteiger partial charge in [-0.15, -0.1) is 0 Å². The van der Waals surface area contributed by atoms with Crippen LogP contribution in [0.1, 0.15) is 29.3 Å². The van der Waals surface area contributed by atoms with E-state index in [0.29, 0.717) is 18.5 Å². The Balaban J connectivity index is 1.82. The smallest absolute Gasteiger partial charge is 0.311 e. The lowest BCUT2D eigenvalue weighted by Crippen LogP contribution is -2.34. The van der Waals surface area contributed by atoms with Crippen LogP contribution in [0.25, 0.3) is 5.69 Å². The van der Waals surface area contributed by atoms with Gasteiger partial charge in [0.05, 0.1) is 11.1 Å². The van der Waals surface area contributed by atoms with Crippen molar-refractivity contribution in [1.82, 2.24) is 14.7 Å². The molecule has 1 aromatic carbocycles. The molecule has 0 radical (unpaired) electrons. The molecule has 1 aromatic heterocycles. The number of rotatable bonds is 3. The Hall–Kier alpha value is -2.63. The van der Waals surface area contributed by atoms with Crippen LogP contribution in [0.3, 0.4) is 0 Å². The molecule has 120 valence electrons. The molecule has 1 amide bonds. The quantitative estimate of drug-likeness (QED) is 0.942. The highest BCUT2D eigenvalue weighted by atomic mass is 16.4. The largest absolute Gasteiger partial charge is 0.481 e. The number of benzene rings is 1. The third-order valence-electron chi connectivity index (χ3n) is 4.47. The highest BCUT2D eigenvalue weighted by Gasteiger charge is 2.42. The average Bonchev–Trinajstić information content (AvgIpc) is 3.17. The fraction of sp³-hybridized carbons (Fsp3) is 0.353. The molecule has 1 aliphatic heterocycles. The van der Waals surface area contributed by atoms with E-state index in [1.54, 1.807) is 28.8 Å². The molecule has 1 atom stereocenters. The van der Waals surface area contributed by atoms with Gasteiger partial charge in [0.25, 0.3) is 5.91 Å². The fourth-order valence-corrected chi connectivity index (χ4v) is 2.95. The zero-order valence-corrected chi connectivity index (χ0v) is 13.2. The molecule has 23 heavy (non-hydrogen) atoms. The van der Waals surface area contributed by atoms with Crippen LogP contribution in [0.2, 0.25) is 0 Å². The number of aliphatic carboxylic acids is 1. The fourth-order valence-electron chi connectivity index (χ4n) is 2.95. The number of carbonyl (C=O) groups excluding carboxylic acids is 1. The number of aryl methyl sites for hydroxylation is 1. The molecule has 6 nitrogen and oxygen atoms in total. The Morgan fingerprint density at radius 1 is 1.35 bits per heavy atom. The van der Waals surface area contributed by atoms with Crippen LogP contribution in [0.15, 0.2) is 36.7 Å². The van der Waals surface area contributed by atoms with Crippen molar-refractivity contribution < 1.29 is 14.7 Å². The molecule has 1 saturated heterocycles. The Bertz CT molecular complexity index is 754. The second kappa shape index (κ2) is 5.53. The van der Waals surface area contributed by atoms with Gasteiger partial charge >= 0.3 is 5.97 Å². The first-order chi connectivity index (χ1) is 10.9. The third-order valence-corrected chi connectivity index (χ3v) is 4.47. The van der Waals surface area contributed by atoms with E-state index in [1.807, 2.05) is 31.3 Å². The lowest BCUT2D eigenvalue weighted by atomic mass is 9.90. The van der Waals surface area contributed by atoms with Crippen LogP contribution in [0.4, 0.5) is 0 Å². The Kier molecular flexibility index (Phi) is 3.67. The van der Waals surface area contributed by atoms with Gasteiger partial charge < -0.3 is 10.0 Å². The number of hydrogen-bond donors (Lipinski definition) is 1. The Morgan fingerprint density at radius 3 is 2.70 bits per heavy atom. The molecule has 3 rings (SSSR count). The van der Waals surface area contributed by atoms with Gasteiger partial charge in [-0.05, 0) is 50.1 Å². The van der Waals surface area contributed by atoms with Crippen molar-refractivity contribution >= 4 is 11.9 Å². The molecule has 1 unspecified atom stereocenters. The highest BCUT2D eigenvalue weighted by Crippen LogP contribution is 2.31. The van der Waals surface area contributed by atoms with E-state index in [1.165, 1.54) is 0 Å². The van der Waals surface area contributed by atoms with E-state index in [4.69, 9.17) is 0 Å². The maximum atomic E-state index is 12.6. The summed E-state index contributed by atoms with van der Waals surface area (Å²) in [6, 6.07) is 7.30. The van der Waals surface area contributed by atoms with Gasteiger partial charge in [0.1, 0.15) is 0 Å². The molecule has 0 saturated carbocycles. The summed E-state index contributed by atoms with van der Waals surface area (Å²) in [5.41, 5.74) is 1.59. The van der Waals surface area contributed by atoms with Gasteiger partial charge in [0.2, 0.25) is 0 Å². The van der Waals surface area contributed by atoms with E-state index < -0.39 is 11.4 Å². The number of aromatic nitrogens is 2. The van der Waals surface area contributed by atoms with Crippen molar-refractivity contribution in [1.29, 1.82) is 0 Å². The number of nitrogens with zero attached hydrogens (tertiary/aromatic N) is 3. The van der Waals surface area contributed by atoms with Gasteiger partial charge in [-0.2, -0.15) is 5.10 Å². The van der Waals surface area contributed by atoms with E-state index in [-0.39, 0.29) is 12.5 Å². The maximum Gasteiger partial charge on any atom is 0.311 e. The molecular weight excluding hydrogens is 294 g/mol. The SMILES string of the molecule is Cc1cc(C(=O)N2CCC(C)(C(=O)O)C2)ccc1-n1cccn1. The molecule has 2 heterocycles. The van der Waals surface area contributed by atoms with Crippen molar-refractivity contribution in [3.63, 3.8) is 0 Å². The standard InChI is InChI=1S/C17H19N3O3/c1-12-10-13(4-5-14(12)20-8-3-7-18-20)15(21)19-9-6-17(2,11-19)16(22)23/h3-5,7-8,10H,6,9,11H2,1-2H3,(H,22,23). The number of carboxylic acid groups (broad SMARTS) is 1. The minimum absolute atomic E-state index is 0.120. The number of carboxylic acids is 1. The second-order valence-corrected chi connectivity index (χ2v) is 6.29. The molecule has 1 fully saturated rings. The van der Waals surface area contributed by atoms with Crippen LogP contribution in [0, 0.1) is 12.3 Å². The number of amides is 1. The van der Waals surface area contributed by atoms with Crippen molar-refractivity contribution in [3.05, 3.63) is 47.8 Å². The lowest BCUT2D eigenvalue weighted by Gasteiger charge is -2.20. The monoisotopic (exact) mass is 313 g/mol. The summed E-state index contributed by atoms with van der Waals surface area (Å²) in [6.45, 7) is 4.34. The zero-order chi connectivity index (χ0) is 16.6. The van der Waals surface area contributed by atoms with Crippen molar-refractivity contribution in [2.75, 3.05) is 13.1 Å². The zero-order valence-electron chi connectivity index (χ0n) is 13.2. The van der Waals surface area contributed by atoms with Gasteiger partial charge in [0, 0.05) is 31.0 Å². The van der Waals surface area contributed by atoms with E-state index in [0.717, 1.165) is 11.3 Å². The molecule has 0 aliphatic carbocycles. The van der Waals surface area contributed by atoms with Crippen LogP contribution in [0.5, 0.6) is 0 Å². The normalized spacial score (nSPS) is 20.7. The molecular formula is C17H19N3O3. The summed E-state index contributed by atoms with van der Waals surface area (Å²) in [6.07, 6.45) is 4.04. The summed E-state index contributed by atoms with van der Waals surface area (Å²) < 4.78 is 1.75. The lowest BCUT2D eigenvalue weighted by molar-refractivity contribution is -0.147. The molecule has 0 spiro atoms. The van der Waals surface area contributed by atoms with E-state index in [2.05, 4.69) is 5.10 Å². The van der Waals surface area contributed by atoms with Crippen LogP contribution in [-0.2, 0) is 4.79 Å². The molecule has 6 heteroatoms. The Morgan fingerprint density at radius 2 is 2.13 bits per heavy atom. The maximum absolute atomic E-state index is 12.6. The first-order valence-corrected chi connectivity index (χ1v) is 7.54. The minimum Gasteiger partial charge on any atom is -0.481 e. The van der Waals surface area contributed by atoms with Gasteiger partial charge in [0.15, 0.2) is 0 Å². The topological polar surface area (TPSA) is 75.4 Å². The first-order valence-electron chi connectivity index (χ1n) is 7.54. The average molecular weight is 313 g/mol. The van der Waals surface area contributed by atoms with Crippen molar-refractivity contribution in [2.24, 2.45) is 5.41 Å². The van der Waals surface area contributed by atoms with Crippen LogP contribution >= 0.6 is 0 Å². The summed E-state index contributed by atoms with van der Waals surface area (Å²) in [5.74, 6) is -0.969. The van der Waals surface area contributed by atoms with Crippen molar-refractivity contribution in [3.8, 4) is 5.69 Å². The number of likely N-dealkylation sites (tertiary alicyclic amines) is 1. The second-order valence-electron chi connectivity index (χ2n) is 6.29. The van der Waals surface area contributed by atoms with Gasteiger partial charge in [-0.3, -0.25) is 9.59 Å². The number of carbonyl (C=O) groups is 2. The predicted octanol–water partition coefficient (Wildman–Crippen LogP) is 2.12. The van der Waals surface area contributed by atoms with E-state index >= 15 is 0 Å². The molecule has 1 aliphatic rings. The molecule has 2 aromatic rings. The minimum atomic E-state index is -0.849. The van der Waals surface area contributed by atoms with Crippen LogP contribution < -0.4 is 0 Å². The van der Waals surface area contributed by atoms with Crippen molar-refractivity contribution in [2.45, 2.75) is 20.3 Å². The third kappa shape index (κ3) is 2.72.